The molecular weight excluding hydrogens is 461 g/mol. The van der Waals surface area contributed by atoms with E-state index in [0.717, 1.165) is 30.8 Å². The number of aromatic nitrogens is 2. The molecule has 7 nitrogen and oxygen atoms in total. The third kappa shape index (κ3) is 8.99. The Balaban J connectivity index is 0.000000429. The number of aliphatic carboxylic acids is 1. The second-order valence-corrected chi connectivity index (χ2v) is 7.90. The quantitative estimate of drug-likeness (QED) is 0.425. The minimum atomic E-state index is -5.08. The van der Waals surface area contributed by atoms with Gasteiger partial charge < -0.3 is 20.5 Å². The maximum Gasteiger partial charge on any atom is 0.490 e. The van der Waals surface area contributed by atoms with E-state index in [-0.39, 0.29) is 0 Å². The van der Waals surface area contributed by atoms with Crippen LogP contribution in [-0.2, 0) is 22.6 Å². The van der Waals surface area contributed by atoms with Gasteiger partial charge in [-0.3, -0.25) is 0 Å². The highest BCUT2D eigenvalue weighted by molar-refractivity contribution is 5.73. The van der Waals surface area contributed by atoms with Crippen LogP contribution >= 0.6 is 0 Å². The van der Waals surface area contributed by atoms with Crippen molar-refractivity contribution >= 4 is 11.9 Å². The molecule has 186 valence electrons. The predicted octanol–water partition coefficient (Wildman–Crippen LogP) is 4.66. The van der Waals surface area contributed by atoms with Gasteiger partial charge >= 0.3 is 12.1 Å². The van der Waals surface area contributed by atoms with Crippen LogP contribution in [0.4, 0.5) is 19.1 Å². The molecule has 0 spiro atoms. The average molecular weight is 489 g/mol. The van der Waals surface area contributed by atoms with Gasteiger partial charge in [-0.2, -0.15) is 13.2 Å². The van der Waals surface area contributed by atoms with Gasteiger partial charge in [-0.05, 0) is 29.5 Å². The van der Waals surface area contributed by atoms with Gasteiger partial charge in [0.25, 0.3) is 0 Å². The van der Waals surface area contributed by atoms with Crippen molar-refractivity contribution in [1.29, 1.82) is 0 Å². The summed E-state index contributed by atoms with van der Waals surface area (Å²) in [6.07, 6.45) is 1.38. The van der Waals surface area contributed by atoms with E-state index in [9.17, 15) is 13.2 Å². The monoisotopic (exact) mass is 488 g/mol. The molecule has 1 saturated heterocycles. The molecule has 0 bridgehead atoms. The van der Waals surface area contributed by atoms with Gasteiger partial charge in [0.05, 0.1) is 6.10 Å². The van der Waals surface area contributed by atoms with Crippen molar-refractivity contribution < 1.29 is 27.8 Å². The molecule has 35 heavy (non-hydrogen) atoms. The summed E-state index contributed by atoms with van der Waals surface area (Å²) in [4.78, 5) is 17.8. The third-order valence-corrected chi connectivity index (χ3v) is 5.20. The number of carbonyl (C=O) groups is 1. The van der Waals surface area contributed by atoms with Gasteiger partial charge in [-0.15, -0.1) is 0 Å². The fraction of sp³-hybridized carbons (Fsp3) is 0.320. The molecule has 4 rings (SSSR count). The highest BCUT2D eigenvalue weighted by atomic mass is 19.4. The summed E-state index contributed by atoms with van der Waals surface area (Å²) < 4.78 is 37.4. The number of anilines is 1. The minimum Gasteiger partial charge on any atom is -0.475 e. The normalized spacial score (nSPS) is 15.2. The Bertz CT molecular complexity index is 1040. The van der Waals surface area contributed by atoms with Crippen molar-refractivity contribution in [3.63, 3.8) is 0 Å². The number of ether oxygens (including phenoxy) is 1. The van der Waals surface area contributed by atoms with E-state index in [4.69, 9.17) is 14.6 Å². The van der Waals surface area contributed by atoms with Crippen molar-refractivity contribution in [3.05, 3.63) is 78.1 Å². The molecule has 2 heterocycles. The average Bonchev–Trinajstić information content (AvgIpc) is 3.38. The smallest absolute Gasteiger partial charge is 0.475 e. The summed E-state index contributed by atoms with van der Waals surface area (Å²) in [6, 6.07) is 18.8. The zero-order valence-electron chi connectivity index (χ0n) is 19.0. The lowest BCUT2D eigenvalue weighted by Crippen LogP contribution is -2.25. The molecule has 3 aromatic rings. The standard InChI is InChI=1S/C23H26N4O.C2HF3O2/c1-2-5-18(6-3-1)14-25-23-26-15-21(16-27-23)20-10-8-19(9-11-20)13-24-17-22-7-4-12-28-22;3-2(4,5)1(6)7/h1-3,5-6,8-11,15-16,22,24H,4,7,12-14,17H2,(H,25,26,27);(H,6,7). The molecule has 1 aromatic heterocycles. The lowest BCUT2D eigenvalue weighted by Gasteiger charge is -2.11. The number of hydrogen-bond donors (Lipinski definition) is 3. The van der Waals surface area contributed by atoms with Gasteiger partial charge in [0.2, 0.25) is 5.95 Å². The first-order valence-corrected chi connectivity index (χ1v) is 11.1. The predicted molar refractivity (Wildman–Crippen MR) is 126 cm³/mol. The Hall–Kier alpha value is -3.50. The van der Waals surface area contributed by atoms with E-state index >= 15 is 0 Å². The fourth-order valence-corrected chi connectivity index (χ4v) is 3.34. The van der Waals surface area contributed by atoms with Crippen LogP contribution in [0.5, 0.6) is 0 Å². The van der Waals surface area contributed by atoms with E-state index in [1.807, 2.05) is 30.6 Å². The van der Waals surface area contributed by atoms with Gasteiger partial charge in [0.1, 0.15) is 0 Å². The van der Waals surface area contributed by atoms with Crippen molar-refractivity contribution in [1.82, 2.24) is 15.3 Å². The molecular formula is C25H27F3N4O3. The van der Waals surface area contributed by atoms with Crippen LogP contribution in [0, 0.1) is 0 Å². The number of halogens is 3. The summed E-state index contributed by atoms with van der Waals surface area (Å²) >= 11 is 0. The number of carboxylic acids is 1. The maximum absolute atomic E-state index is 10.6. The van der Waals surface area contributed by atoms with Crippen LogP contribution in [-0.4, -0.2) is 46.5 Å². The number of nitrogens with one attached hydrogen (secondary N) is 2. The highest BCUT2D eigenvalue weighted by Gasteiger charge is 2.38. The first-order valence-electron chi connectivity index (χ1n) is 11.1. The number of carboxylic acid groups (broad SMARTS) is 1. The van der Waals surface area contributed by atoms with Gasteiger partial charge in [-0.1, -0.05) is 54.6 Å². The molecule has 2 aromatic carbocycles. The largest absolute Gasteiger partial charge is 0.490 e. The molecule has 0 saturated carbocycles. The van der Waals surface area contributed by atoms with Crippen molar-refractivity contribution in [2.45, 2.75) is 38.2 Å². The molecule has 1 fully saturated rings. The summed E-state index contributed by atoms with van der Waals surface area (Å²) in [6.45, 7) is 3.41. The first-order chi connectivity index (χ1) is 16.8. The van der Waals surface area contributed by atoms with Crippen LogP contribution in [0.2, 0.25) is 0 Å². The molecule has 1 unspecified atom stereocenters. The van der Waals surface area contributed by atoms with E-state index in [1.54, 1.807) is 0 Å². The molecule has 0 radical (unpaired) electrons. The second kappa shape index (κ2) is 12.8. The number of hydrogen-bond acceptors (Lipinski definition) is 6. The van der Waals surface area contributed by atoms with E-state index in [0.29, 0.717) is 18.6 Å². The fourth-order valence-electron chi connectivity index (χ4n) is 3.34. The van der Waals surface area contributed by atoms with Crippen LogP contribution in [0.3, 0.4) is 0 Å². The molecule has 1 aliphatic rings. The van der Waals surface area contributed by atoms with E-state index < -0.39 is 12.1 Å². The second-order valence-electron chi connectivity index (χ2n) is 7.90. The Morgan fingerprint density at radius 3 is 2.17 bits per heavy atom. The Morgan fingerprint density at radius 1 is 0.971 bits per heavy atom. The zero-order chi connectivity index (χ0) is 25.1. The van der Waals surface area contributed by atoms with Crippen LogP contribution in [0.15, 0.2) is 67.0 Å². The Kier molecular flexibility index (Phi) is 9.56. The molecule has 0 amide bonds. The topological polar surface area (TPSA) is 96.4 Å². The highest BCUT2D eigenvalue weighted by Crippen LogP contribution is 2.19. The molecule has 1 atom stereocenters. The van der Waals surface area contributed by atoms with Gasteiger partial charge in [-0.25, -0.2) is 14.8 Å². The minimum absolute atomic E-state index is 0.380. The van der Waals surface area contributed by atoms with E-state index in [2.05, 4.69) is 57.0 Å². The van der Waals surface area contributed by atoms with Crippen molar-refractivity contribution in [2.75, 3.05) is 18.5 Å². The number of benzene rings is 2. The van der Waals surface area contributed by atoms with Crippen molar-refractivity contribution in [3.8, 4) is 11.1 Å². The third-order valence-electron chi connectivity index (χ3n) is 5.20. The summed E-state index contributed by atoms with van der Waals surface area (Å²) in [7, 11) is 0. The number of nitrogens with zero attached hydrogens (tertiary/aromatic N) is 2. The van der Waals surface area contributed by atoms with E-state index in [1.165, 1.54) is 24.0 Å². The van der Waals surface area contributed by atoms with Gasteiger partial charge in [0, 0.05) is 44.2 Å². The van der Waals surface area contributed by atoms with Crippen LogP contribution in [0.25, 0.3) is 11.1 Å². The lowest BCUT2D eigenvalue weighted by molar-refractivity contribution is -0.192. The summed E-state index contributed by atoms with van der Waals surface area (Å²) in [5, 5.41) is 13.9. The first kappa shape index (κ1) is 26.1. The zero-order valence-corrected chi connectivity index (χ0v) is 19.0. The van der Waals surface area contributed by atoms with Crippen LogP contribution < -0.4 is 10.6 Å². The molecule has 3 N–H and O–H groups in total. The Morgan fingerprint density at radius 2 is 1.60 bits per heavy atom. The maximum atomic E-state index is 10.6. The number of alkyl halides is 3. The molecule has 1 aliphatic heterocycles. The van der Waals surface area contributed by atoms with Crippen molar-refractivity contribution in [2.24, 2.45) is 0 Å². The SMILES string of the molecule is O=C(O)C(F)(F)F.c1ccc(CNc2ncc(-c3ccc(CNCC4CCCO4)cc3)cn2)cc1. The summed E-state index contributed by atoms with van der Waals surface area (Å²) in [5.74, 6) is -2.12. The van der Waals surface area contributed by atoms with Crippen LogP contribution in [0.1, 0.15) is 24.0 Å². The lowest BCUT2D eigenvalue weighted by atomic mass is 10.1. The molecule has 10 heteroatoms. The Labute approximate surface area is 201 Å². The number of rotatable bonds is 8. The molecule has 0 aliphatic carbocycles. The van der Waals surface area contributed by atoms with Gasteiger partial charge in [0.15, 0.2) is 0 Å². The summed E-state index contributed by atoms with van der Waals surface area (Å²) in [5.41, 5.74) is 4.62.